The predicted octanol–water partition coefficient (Wildman–Crippen LogP) is 4.41. The summed E-state index contributed by atoms with van der Waals surface area (Å²) in [5, 5.41) is 2.57. The van der Waals surface area contributed by atoms with Crippen LogP contribution in [0.1, 0.15) is 28.2 Å². The first-order chi connectivity index (χ1) is 15.3. The van der Waals surface area contributed by atoms with Crippen LogP contribution in [-0.4, -0.2) is 21.1 Å². The fourth-order valence-corrected chi connectivity index (χ4v) is 4.32. The molecule has 1 amide bonds. The standard InChI is InChI=1S/C23H21FN2O5S/c1-14-15(12-25)10-16(31-32(24,28)29)11-22(14)26-23(27)30-13-21-19-8-4-2-6-17(19)18-7-3-5-9-20(18)21/h2-11,21H,12-13,25H2,1H3,(H,26,27). The molecule has 1 aliphatic carbocycles. The molecule has 0 heterocycles. The molecule has 0 aromatic heterocycles. The number of halogens is 1. The van der Waals surface area contributed by atoms with Gasteiger partial charge in [-0.25, -0.2) is 4.79 Å². The molecule has 0 saturated carbocycles. The summed E-state index contributed by atoms with van der Waals surface area (Å²) in [4.78, 5) is 12.5. The maximum Gasteiger partial charge on any atom is 0.488 e. The molecule has 0 radical (unpaired) electrons. The molecule has 0 saturated heterocycles. The number of fused-ring (bicyclic) bond motifs is 3. The summed E-state index contributed by atoms with van der Waals surface area (Å²) < 4.78 is 44.4. The maximum atomic E-state index is 12.9. The van der Waals surface area contributed by atoms with Gasteiger partial charge in [0.1, 0.15) is 12.4 Å². The van der Waals surface area contributed by atoms with Crippen LogP contribution in [0.4, 0.5) is 14.4 Å². The number of benzene rings is 3. The number of ether oxygens (including phenoxy) is 1. The normalized spacial score (nSPS) is 12.7. The SMILES string of the molecule is Cc1c(CN)cc(OS(=O)(=O)F)cc1NC(=O)OCC1c2ccccc2-c2ccccc21. The van der Waals surface area contributed by atoms with Gasteiger partial charge in [-0.3, -0.25) is 5.32 Å². The number of nitrogens with two attached hydrogens (primary N) is 1. The number of anilines is 1. The average molecular weight is 456 g/mol. The second-order valence-electron chi connectivity index (χ2n) is 7.39. The van der Waals surface area contributed by atoms with Crippen LogP contribution in [0.3, 0.4) is 0 Å². The molecule has 3 aromatic carbocycles. The second kappa shape index (κ2) is 8.60. The van der Waals surface area contributed by atoms with Crippen LogP contribution in [-0.2, 0) is 21.8 Å². The monoisotopic (exact) mass is 456 g/mol. The van der Waals surface area contributed by atoms with E-state index in [4.69, 9.17) is 10.5 Å². The molecule has 0 bridgehead atoms. The first-order valence-corrected chi connectivity index (χ1v) is 11.2. The molecule has 0 atom stereocenters. The highest BCUT2D eigenvalue weighted by molar-refractivity contribution is 7.81. The van der Waals surface area contributed by atoms with Crippen LogP contribution in [0.5, 0.6) is 5.75 Å². The van der Waals surface area contributed by atoms with Crippen molar-refractivity contribution >= 4 is 22.3 Å². The lowest BCUT2D eigenvalue weighted by molar-refractivity contribution is 0.158. The zero-order chi connectivity index (χ0) is 22.9. The van der Waals surface area contributed by atoms with Crippen molar-refractivity contribution in [1.82, 2.24) is 0 Å². The Hall–Kier alpha value is -3.43. The van der Waals surface area contributed by atoms with E-state index in [0.29, 0.717) is 11.1 Å². The van der Waals surface area contributed by atoms with Gasteiger partial charge in [0.2, 0.25) is 0 Å². The van der Waals surface area contributed by atoms with Gasteiger partial charge in [0.05, 0.1) is 5.69 Å². The van der Waals surface area contributed by atoms with Gasteiger partial charge in [0, 0.05) is 18.5 Å². The number of carbonyl (C=O) groups excluding carboxylic acids is 1. The van der Waals surface area contributed by atoms with Crippen LogP contribution in [0.25, 0.3) is 11.1 Å². The highest BCUT2D eigenvalue weighted by Gasteiger charge is 2.29. The Kier molecular flexibility index (Phi) is 5.86. The summed E-state index contributed by atoms with van der Waals surface area (Å²) in [5.41, 5.74) is 11.3. The molecule has 0 fully saturated rings. The number of carbonyl (C=O) groups is 1. The molecular weight excluding hydrogens is 435 g/mol. The van der Waals surface area contributed by atoms with Crippen LogP contribution in [0.2, 0.25) is 0 Å². The first kappa shape index (κ1) is 21.8. The number of amides is 1. The Morgan fingerprint density at radius 2 is 1.66 bits per heavy atom. The Labute approximate surface area is 185 Å². The number of rotatable bonds is 6. The second-order valence-corrected chi connectivity index (χ2v) is 8.34. The van der Waals surface area contributed by atoms with Gasteiger partial charge in [0.15, 0.2) is 0 Å². The van der Waals surface area contributed by atoms with Crippen molar-refractivity contribution < 1.29 is 26.0 Å². The molecule has 0 spiro atoms. The van der Waals surface area contributed by atoms with E-state index in [2.05, 4.69) is 9.50 Å². The molecule has 3 N–H and O–H groups in total. The molecule has 3 aromatic rings. The van der Waals surface area contributed by atoms with Crippen LogP contribution < -0.4 is 15.2 Å². The summed E-state index contributed by atoms with van der Waals surface area (Å²) in [5.74, 6) is -0.410. The summed E-state index contributed by atoms with van der Waals surface area (Å²) in [7, 11) is -5.22. The lowest BCUT2D eigenvalue weighted by Crippen LogP contribution is -2.19. The van der Waals surface area contributed by atoms with Crippen molar-refractivity contribution in [2.75, 3.05) is 11.9 Å². The number of hydrogen-bond donors (Lipinski definition) is 2. The lowest BCUT2D eigenvalue weighted by atomic mass is 9.98. The van der Waals surface area contributed by atoms with E-state index in [1.165, 1.54) is 12.1 Å². The van der Waals surface area contributed by atoms with E-state index in [1.807, 2.05) is 48.5 Å². The van der Waals surface area contributed by atoms with E-state index in [1.54, 1.807) is 6.92 Å². The minimum Gasteiger partial charge on any atom is -0.448 e. The summed E-state index contributed by atoms with van der Waals surface area (Å²) in [6.45, 7) is 1.83. The van der Waals surface area contributed by atoms with Crippen molar-refractivity contribution in [2.45, 2.75) is 19.4 Å². The van der Waals surface area contributed by atoms with Crippen molar-refractivity contribution in [3.8, 4) is 16.9 Å². The summed E-state index contributed by atoms with van der Waals surface area (Å²) in [6.07, 6.45) is -0.738. The minimum absolute atomic E-state index is 0.0364. The van der Waals surface area contributed by atoms with Crippen LogP contribution in [0.15, 0.2) is 60.7 Å². The highest BCUT2D eigenvalue weighted by atomic mass is 32.3. The average Bonchev–Trinajstić information content (AvgIpc) is 3.07. The van der Waals surface area contributed by atoms with Crippen LogP contribution in [0, 0.1) is 6.92 Å². The topological polar surface area (TPSA) is 108 Å². The molecule has 9 heteroatoms. The van der Waals surface area contributed by atoms with E-state index < -0.39 is 16.6 Å². The Bertz CT molecular complexity index is 1250. The van der Waals surface area contributed by atoms with Crippen molar-refractivity contribution in [1.29, 1.82) is 0 Å². The molecule has 4 rings (SSSR count). The van der Waals surface area contributed by atoms with E-state index in [9.17, 15) is 17.1 Å². The fourth-order valence-electron chi connectivity index (χ4n) is 3.99. The van der Waals surface area contributed by atoms with Gasteiger partial charge in [0.25, 0.3) is 0 Å². The highest BCUT2D eigenvalue weighted by Crippen LogP contribution is 2.44. The zero-order valence-electron chi connectivity index (χ0n) is 17.2. The van der Waals surface area contributed by atoms with E-state index >= 15 is 0 Å². The van der Waals surface area contributed by atoms with Crippen molar-refractivity contribution in [3.63, 3.8) is 0 Å². The minimum atomic E-state index is -5.22. The van der Waals surface area contributed by atoms with Crippen LogP contribution >= 0.6 is 0 Å². The maximum absolute atomic E-state index is 12.9. The largest absolute Gasteiger partial charge is 0.488 e. The Morgan fingerprint density at radius 3 is 2.22 bits per heavy atom. The van der Waals surface area contributed by atoms with E-state index in [0.717, 1.165) is 22.3 Å². The number of nitrogens with one attached hydrogen (secondary N) is 1. The Morgan fingerprint density at radius 1 is 1.06 bits per heavy atom. The van der Waals surface area contributed by atoms with Gasteiger partial charge in [-0.1, -0.05) is 52.4 Å². The van der Waals surface area contributed by atoms with E-state index in [-0.39, 0.29) is 30.5 Å². The smallest absolute Gasteiger partial charge is 0.448 e. The molecular formula is C23H21FN2O5S. The van der Waals surface area contributed by atoms with Gasteiger partial charge in [-0.2, -0.15) is 8.42 Å². The summed E-state index contributed by atoms with van der Waals surface area (Å²) in [6, 6.07) is 18.4. The third kappa shape index (κ3) is 4.44. The third-order valence-electron chi connectivity index (χ3n) is 5.48. The number of hydrogen-bond acceptors (Lipinski definition) is 6. The molecule has 0 unspecified atom stereocenters. The van der Waals surface area contributed by atoms with Gasteiger partial charge in [-0.05, 0) is 46.4 Å². The zero-order valence-corrected chi connectivity index (χ0v) is 18.0. The van der Waals surface area contributed by atoms with Crippen molar-refractivity contribution in [2.24, 2.45) is 5.73 Å². The Balaban J connectivity index is 1.52. The lowest BCUT2D eigenvalue weighted by Gasteiger charge is -2.16. The van der Waals surface area contributed by atoms with Gasteiger partial charge < -0.3 is 14.7 Å². The predicted molar refractivity (Wildman–Crippen MR) is 118 cm³/mol. The molecule has 0 aliphatic heterocycles. The molecule has 1 aliphatic rings. The van der Waals surface area contributed by atoms with Gasteiger partial charge in [-0.15, -0.1) is 0 Å². The molecule has 7 nitrogen and oxygen atoms in total. The quantitative estimate of drug-likeness (QED) is 0.532. The third-order valence-corrected chi connectivity index (χ3v) is 5.88. The fraction of sp³-hybridized carbons (Fsp3) is 0.174. The molecule has 166 valence electrons. The van der Waals surface area contributed by atoms with Gasteiger partial charge >= 0.3 is 16.6 Å². The molecule has 32 heavy (non-hydrogen) atoms. The van der Waals surface area contributed by atoms with Crippen molar-refractivity contribution in [3.05, 3.63) is 82.9 Å². The first-order valence-electron chi connectivity index (χ1n) is 9.86. The summed E-state index contributed by atoms with van der Waals surface area (Å²) >= 11 is 0.